The molecule has 0 unspecified atom stereocenters. The van der Waals surface area contributed by atoms with Crippen LogP contribution in [0.25, 0.3) is 0 Å². The number of nitrogens with zero attached hydrogens (tertiary/aromatic N) is 3. The van der Waals surface area contributed by atoms with Crippen LogP contribution >= 0.6 is 23.2 Å². The summed E-state index contributed by atoms with van der Waals surface area (Å²) in [5.74, 6) is 0.441. The maximum atomic E-state index is 5.63. The Morgan fingerprint density at radius 3 is 2.27 bits per heavy atom. The second-order valence-electron chi connectivity index (χ2n) is 3.18. The van der Waals surface area contributed by atoms with E-state index in [1.807, 2.05) is 0 Å². The van der Waals surface area contributed by atoms with Crippen molar-refractivity contribution in [2.45, 2.75) is 32.6 Å². The highest BCUT2D eigenvalue weighted by Gasteiger charge is 2.01. The summed E-state index contributed by atoms with van der Waals surface area (Å²) in [6, 6.07) is 0. The van der Waals surface area contributed by atoms with Crippen molar-refractivity contribution in [3.8, 4) is 0 Å². The second-order valence-corrected chi connectivity index (χ2v) is 3.86. The minimum atomic E-state index is 0.117. The molecule has 0 saturated heterocycles. The highest BCUT2D eigenvalue weighted by molar-refractivity contribution is 6.31. The van der Waals surface area contributed by atoms with E-state index in [0.717, 1.165) is 13.0 Å². The number of halogens is 2. The molecule has 1 heterocycles. The predicted octanol–water partition coefficient (Wildman–Crippen LogP) is 3.17. The molecule has 0 radical (unpaired) electrons. The molecule has 0 fully saturated rings. The number of anilines is 1. The van der Waals surface area contributed by atoms with Gasteiger partial charge < -0.3 is 5.32 Å². The van der Waals surface area contributed by atoms with E-state index in [1.165, 1.54) is 19.3 Å². The van der Waals surface area contributed by atoms with Gasteiger partial charge in [-0.3, -0.25) is 0 Å². The maximum absolute atomic E-state index is 5.63. The molecule has 0 aliphatic carbocycles. The van der Waals surface area contributed by atoms with Gasteiger partial charge in [-0.05, 0) is 29.6 Å². The van der Waals surface area contributed by atoms with Crippen LogP contribution in [0.5, 0.6) is 0 Å². The average molecular weight is 249 g/mol. The van der Waals surface area contributed by atoms with Gasteiger partial charge in [0.15, 0.2) is 0 Å². The Hall–Kier alpha value is -0.610. The molecule has 0 amide bonds. The van der Waals surface area contributed by atoms with Crippen LogP contribution in [0.15, 0.2) is 0 Å². The van der Waals surface area contributed by atoms with Gasteiger partial charge in [-0.15, -0.1) is 0 Å². The molecule has 15 heavy (non-hydrogen) atoms. The van der Waals surface area contributed by atoms with Gasteiger partial charge in [0, 0.05) is 6.54 Å². The Labute approximate surface area is 99.4 Å². The number of nitrogens with one attached hydrogen (secondary N) is 1. The van der Waals surface area contributed by atoms with E-state index in [9.17, 15) is 0 Å². The summed E-state index contributed by atoms with van der Waals surface area (Å²) < 4.78 is 0. The van der Waals surface area contributed by atoms with E-state index in [1.54, 1.807) is 0 Å². The van der Waals surface area contributed by atoms with E-state index in [-0.39, 0.29) is 10.6 Å². The Kier molecular flexibility index (Phi) is 5.65. The first kappa shape index (κ1) is 12.5. The monoisotopic (exact) mass is 248 g/mol. The molecular formula is C9H14Cl2N4. The van der Waals surface area contributed by atoms with Crippen LogP contribution in [0.3, 0.4) is 0 Å². The Morgan fingerprint density at radius 2 is 1.67 bits per heavy atom. The number of unbranched alkanes of at least 4 members (excludes halogenated alkanes) is 3. The molecule has 4 nitrogen and oxygen atoms in total. The average Bonchev–Trinajstić information content (AvgIpc) is 2.16. The van der Waals surface area contributed by atoms with Gasteiger partial charge in [-0.2, -0.15) is 15.0 Å². The van der Waals surface area contributed by atoms with Gasteiger partial charge in [-0.25, -0.2) is 0 Å². The molecule has 0 aliphatic rings. The molecule has 1 aromatic heterocycles. The van der Waals surface area contributed by atoms with Gasteiger partial charge in [0.05, 0.1) is 0 Å². The van der Waals surface area contributed by atoms with E-state index in [0.29, 0.717) is 5.95 Å². The molecule has 0 saturated carbocycles. The van der Waals surface area contributed by atoms with Crippen molar-refractivity contribution in [2.24, 2.45) is 0 Å². The van der Waals surface area contributed by atoms with Crippen molar-refractivity contribution >= 4 is 29.2 Å². The zero-order valence-electron chi connectivity index (χ0n) is 8.63. The Balaban J connectivity index is 2.31. The molecular weight excluding hydrogens is 235 g/mol. The lowest BCUT2D eigenvalue weighted by Crippen LogP contribution is -2.06. The van der Waals surface area contributed by atoms with E-state index in [2.05, 4.69) is 27.2 Å². The molecule has 6 heteroatoms. The van der Waals surface area contributed by atoms with Crippen molar-refractivity contribution in [2.75, 3.05) is 11.9 Å². The van der Waals surface area contributed by atoms with Crippen molar-refractivity contribution < 1.29 is 0 Å². The summed E-state index contributed by atoms with van der Waals surface area (Å²) in [6.45, 7) is 3.01. The number of hydrogen-bond donors (Lipinski definition) is 1. The molecule has 1 aromatic rings. The largest absolute Gasteiger partial charge is 0.354 e. The number of aromatic nitrogens is 3. The molecule has 1 N–H and O–H groups in total. The van der Waals surface area contributed by atoms with E-state index >= 15 is 0 Å². The molecule has 1 rings (SSSR count). The Bertz CT molecular complexity index is 286. The zero-order valence-corrected chi connectivity index (χ0v) is 10.1. The third-order valence-corrected chi connectivity index (χ3v) is 2.23. The number of rotatable bonds is 6. The summed E-state index contributed by atoms with van der Waals surface area (Å²) in [5.41, 5.74) is 0. The third kappa shape index (κ3) is 5.14. The van der Waals surface area contributed by atoms with Crippen LogP contribution in [0.4, 0.5) is 5.95 Å². The zero-order chi connectivity index (χ0) is 11.1. The highest BCUT2D eigenvalue weighted by atomic mass is 35.5. The highest BCUT2D eigenvalue weighted by Crippen LogP contribution is 2.09. The van der Waals surface area contributed by atoms with Crippen LogP contribution in [-0.2, 0) is 0 Å². The minimum Gasteiger partial charge on any atom is -0.354 e. The molecule has 0 aliphatic heterocycles. The topological polar surface area (TPSA) is 50.7 Å². The summed E-state index contributed by atoms with van der Waals surface area (Å²) in [5, 5.41) is 3.29. The molecule has 0 bridgehead atoms. The van der Waals surface area contributed by atoms with Crippen LogP contribution < -0.4 is 5.32 Å². The molecule has 0 spiro atoms. The maximum Gasteiger partial charge on any atom is 0.228 e. The standard InChI is InChI=1S/C9H14Cl2N4/c1-2-3-4-5-6-12-9-14-7(10)13-8(11)15-9/h2-6H2,1H3,(H,12,13,14,15). The fourth-order valence-electron chi connectivity index (χ4n) is 1.16. The smallest absolute Gasteiger partial charge is 0.228 e. The minimum absolute atomic E-state index is 0.117. The van der Waals surface area contributed by atoms with Gasteiger partial charge in [0.2, 0.25) is 16.5 Å². The summed E-state index contributed by atoms with van der Waals surface area (Å²) in [6.07, 6.45) is 4.77. The lowest BCUT2D eigenvalue weighted by atomic mass is 10.2. The van der Waals surface area contributed by atoms with Gasteiger partial charge in [0.25, 0.3) is 0 Å². The molecule has 84 valence electrons. The van der Waals surface area contributed by atoms with E-state index < -0.39 is 0 Å². The summed E-state index contributed by atoms with van der Waals surface area (Å²) in [7, 11) is 0. The second kappa shape index (κ2) is 6.80. The van der Waals surface area contributed by atoms with Crippen LogP contribution in [-0.4, -0.2) is 21.5 Å². The summed E-state index contributed by atoms with van der Waals surface area (Å²) >= 11 is 11.3. The quantitative estimate of drug-likeness (QED) is 0.786. The predicted molar refractivity (Wildman–Crippen MR) is 62.5 cm³/mol. The lowest BCUT2D eigenvalue weighted by molar-refractivity contribution is 0.683. The molecule has 0 aromatic carbocycles. The van der Waals surface area contributed by atoms with Crippen LogP contribution in [0.2, 0.25) is 10.6 Å². The van der Waals surface area contributed by atoms with Crippen molar-refractivity contribution in [3.63, 3.8) is 0 Å². The van der Waals surface area contributed by atoms with Crippen molar-refractivity contribution in [3.05, 3.63) is 10.6 Å². The number of hydrogen-bond acceptors (Lipinski definition) is 4. The summed E-state index contributed by atoms with van der Waals surface area (Å²) in [4.78, 5) is 11.5. The molecule has 0 atom stereocenters. The van der Waals surface area contributed by atoms with Crippen LogP contribution in [0.1, 0.15) is 32.6 Å². The van der Waals surface area contributed by atoms with Gasteiger partial charge >= 0.3 is 0 Å². The first-order chi connectivity index (χ1) is 7.22. The van der Waals surface area contributed by atoms with Gasteiger partial charge in [-0.1, -0.05) is 26.2 Å². The van der Waals surface area contributed by atoms with Crippen molar-refractivity contribution in [1.82, 2.24) is 15.0 Å². The van der Waals surface area contributed by atoms with Crippen molar-refractivity contribution in [1.29, 1.82) is 0 Å². The first-order valence-corrected chi connectivity index (χ1v) is 5.79. The first-order valence-electron chi connectivity index (χ1n) is 5.03. The SMILES string of the molecule is CCCCCCNc1nc(Cl)nc(Cl)n1. The fraction of sp³-hybridized carbons (Fsp3) is 0.667. The third-order valence-electron chi connectivity index (χ3n) is 1.89. The Morgan fingerprint density at radius 1 is 1.00 bits per heavy atom. The normalized spacial score (nSPS) is 10.3. The lowest BCUT2D eigenvalue weighted by Gasteiger charge is -2.04. The van der Waals surface area contributed by atoms with Crippen LogP contribution in [0, 0.1) is 0 Å². The van der Waals surface area contributed by atoms with Gasteiger partial charge in [0.1, 0.15) is 0 Å². The fourth-order valence-corrected chi connectivity index (χ4v) is 1.52. The van der Waals surface area contributed by atoms with E-state index in [4.69, 9.17) is 23.2 Å².